The van der Waals surface area contributed by atoms with E-state index in [9.17, 15) is 9.18 Å². The van der Waals surface area contributed by atoms with Crippen LogP contribution in [0.15, 0.2) is 23.2 Å². The Balaban J connectivity index is 2.02. The van der Waals surface area contributed by atoms with E-state index in [4.69, 9.17) is 11.6 Å². The van der Waals surface area contributed by atoms with Gasteiger partial charge in [-0.3, -0.25) is 4.79 Å². The van der Waals surface area contributed by atoms with Gasteiger partial charge in [0.05, 0.1) is 11.6 Å². The van der Waals surface area contributed by atoms with Gasteiger partial charge in [0, 0.05) is 39.6 Å². The van der Waals surface area contributed by atoms with Gasteiger partial charge in [0.2, 0.25) is 5.91 Å². The predicted octanol–water partition coefficient (Wildman–Crippen LogP) is 2.11. The van der Waals surface area contributed by atoms with Crippen LogP contribution in [0, 0.1) is 5.82 Å². The Labute approximate surface area is 141 Å². The molecule has 1 aliphatic heterocycles. The third-order valence-corrected chi connectivity index (χ3v) is 4.04. The van der Waals surface area contributed by atoms with Gasteiger partial charge in [-0.05, 0) is 24.6 Å². The normalized spacial score (nSPS) is 15.7. The zero-order valence-corrected chi connectivity index (χ0v) is 14.2. The van der Waals surface area contributed by atoms with Crippen molar-refractivity contribution in [3.63, 3.8) is 0 Å². The molecule has 0 atom stereocenters. The second-order valence-electron chi connectivity index (χ2n) is 5.41. The smallest absolute Gasteiger partial charge is 0.219 e. The molecule has 0 spiro atoms. The number of carbonyl (C=O) groups excluding carboxylic acids is 1. The van der Waals surface area contributed by atoms with Gasteiger partial charge >= 0.3 is 0 Å². The van der Waals surface area contributed by atoms with Gasteiger partial charge in [-0.15, -0.1) is 0 Å². The van der Waals surface area contributed by atoms with Gasteiger partial charge in [0.25, 0.3) is 0 Å². The number of rotatable bonds is 3. The highest BCUT2D eigenvalue weighted by Gasteiger charge is 2.20. The second-order valence-corrected chi connectivity index (χ2v) is 5.82. The van der Waals surface area contributed by atoms with E-state index in [1.807, 2.05) is 11.8 Å². The quantitative estimate of drug-likeness (QED) is 0.677. The highest BCUT2D eigenvalue weighted by molar-refractivity contribution is 6.30. The molecule has 0 bridgehead atoms. The summed E-state index contributed by atoms with van der Waals surface area (Å²) in [4.78, 5) is 20.0. The van der Waals surface area contributed by atoms with Gasteiger partial charge in [0.1, 0.15) is 5.82 Å². The Morgan fingerprint density at radius 1 is 1.30 bits per heavy atom. The van der Waals surface area contributed by atoms with Crippen molar-refractivity contribution in [2.45, 2.75) is 20.4 Å². The number of benzene rings is 1. The summed E-state index contributed by atoms with van der Waals surface area (Å²) in [6.07, 6.45) is 0. The molecule has 1 amide bonds. The maximum Gasteiger partial charge on any atom is 0.219 e. The van der Waals surface area contributed by atoms with Crippen LogP contribution in [0.3, 0.4) is 0 Å². The van der Waals surface area contributed by atoms with E-state index in [1.54, 1.807) is 19.1 Å². The van der Waals surface area contributed by atoms with E-state index < -0.39 is 5.82 Å². The molecule has 1 N–H and O–H groups in total. The maximum absolute atomic E-state index is 13.2. The van der Waals surface area contributed by atoms with E-state index in [0.717, 1.165) is 31.2 Å². The number of nitrogens with zero attached hydrogens (tertiary/aromatic N) is 3. The van der Waals surface area contributed by atoms with Crippen LogP contribution in [0.5, 0.6) is 0 Å². The zero-order chi connectivity index (χ0) is 16.8. The molecular formula is C16H22ClFN4O. The average Bonchev–Trinajstić information content (AvgIpc) is 2.54. The van der Waals surface area contributed by atoms with E-state index in [1.165, 1.54) is 6.07 Å². The highest BCUT2D eigenvalue weighted by Crippen LogP contribution is 2.16. The molecule has 7 heteroatoms. The van der Waals surface area contributed by atoms with E-state index in [0.29, 0.717) is 19.6 Å². The Kier molecular flexibility index (Phi) is 6.21. The lowest BCUT2D eigenvalue weighted by molar-refractivity contribution is -0.130. The van der Waals surface area contributed by atoms with Crippen LogP contribution < -0.4 is 5.32 Å². The molecule has 126 valence electrons. The molecule has 23 heavy (non-hydrogen) atoms. The number of carbonyl (C=O) groups is 1. The number of piperazine rings is 1. The molecule has 0 saturated carbocycles. The van der Waals surface area contributed by atoms with Crippen molar-refractivity contribution in [1.82, 2.24) is 15.1 Å². The molecule has 0 aliphatic carbocycles. The molecule has 0 radical (unpaired) electrons. The number of halogens is 2. The molecule has 1 saturated heterocycles. The minimum atomic E-state index is -0.424. The fourth-order valence-corrected chi connectivity index (χ4v) is 2.67. The lowest BCUT2D eigenvalue weighted by Gasteiger charge is -2.36. The predicted molar refractivity (Wildman–Crippen MR) is 90.1 cm³/mol. The molecule has 1 fully saturated rings. The van der Waals surface area contributed by atoms with Gasteiger partial charge in [-0.2, -0.15) is 0 Å². The number of nitrogens with one attached hydrogen (secondary N) is 1. The molecule has 0 aromatic heterocycles. The minimum Gasteiger partial charge on any atom is -0.357 e. The van der Waals surface area contributed by atoms with Crippen LogP contribution in [0.4, 0.5) is 4.39 Å². The third-order valence-electron chi connectivity index (χ3n) is 3.75. The number of amides is 1. The van der Waals surface area contributed by atoms with Crippen molar-refractivity contribution in [2.75, 3.05) is 32.7 Å². The summed E-state index contributed by atoms with van der Waals surface area (Å²) in [5.74, 6) is 0.482. The fraction of sp³-hybridized carbons (Fsp3) is 0.500. The molecule has 0 unspecified atom stereocenters. The van der Waals surface area contributed by atoms with Crippen LogP contribution in [-0.4, -0.2) is 54.4 Å². The van der Waals surface area contributed by atoms with Crippen LogP contribution >= 0.6 is 11.6 Å². The number of hydrogen-bond acceptors (Lipinski definition) is 2. The van der Waals surface area contributed by atoms with Crippen molar-refractivity contribution in [3.8, 4) is 0 Å². The summed E-state index contributed by atoms with van der Waals surface area (Å²) in [6.45, 7) is 7.67. The second kappa shape index (κ2) is 8.15. The summed E-state index contributed by atoms with van der Waals surface area (Å²) < 4.78 is 13.2. The van der Waals surface area contributed by atoms with Crippen molar-refractivity contribution in [2.24, 2.45) is 4.99 Å². The van der Waals surface area contributed by atoms with Gasteiger partial charge < -0.3 is 15.1 Å². The molecule has 5 nitrogen and oxygen atoms in total. The first-order valence-corrected chi connectivity index (χ1v) is 8.11. The Morgan fingerprint density at radius 2 is 1.96 bits per heavy atom. The molecule has 1 heterocycles. The Morgan fingerprint density at radius 3 is 2.52 bits per heavy atom. The Bertz CT molecular complexity index is 585. The molecule has 1 aromatic rings. The van der Waals surface area contributed by atoms with Gasteiger partial charge in [-0.25, -0.2) is 9.38 Å². The van der Waals surface area contributed by atoms with Crippen molar-refractivity contribution in [3.05, 3.63) is 34.6 Å². The Hall–Kier alpha value is -1.82. The maximum atomic E-state index is 13.2. The molecule has 1 aromatic carbocycles. The number of aliphatic imine (C=N–C) groups is 1. The fourth-order valence-electron chi connectivity index (χ4n) is 2.46. The summed E-state index contributed by atoms with van der Waals surface area (Å²) in [5.41, 5.74) is 0.856. The molecule has 2 rings (SSSR count). The SMILES string of the molecule is CCNC(=NCc1ccc(F)c(Cl)c1)N1CCN(C(C)=O)CC1. The van der Waals surface area contributed by atoms with Crippen molar-refractivity contribution < 1.29 is 9.18 Å². The number of hydrogen-bond donors (Lipinski definition) is 1. The largest absolute Gasteiger partial charge is 0.357 e. The molecular weight excluding hydrogens is 319 g/mol. The van der Waals surface area contributed by atoms with Crippen LogP contribution in [0.25, 0.3) is 0 Å². The summed E-state index contributed by atoms with van der Waals surface area (Å²) >= 11 is 5.80. The summed E-state index contributed by atoms with van der Waals surface area (Å²) in [7, 11) is 0. The minimum absolute atomic E-state index is 0.104. The zero-order valence-electron chi connectivity index (χ0n) is 13.5. The van der Waals surface area contributed by atoms with E-state index >= 15 is 0 Å². The topological polar surface area (TPSA) is 47.9 Å². The standard InChI is InChI=1S/C16H22ClFN4O/c1-3-19-16(22-8-6-21(7-9-22)12(2)23)20-11-13-4-5-15(18)14(17)10-13/h4-5,10H,3,6-9,11H2,1-2H3,(H,19,20). The lowest BCUT2D eigenvalue weighted by Crippen LogP contribution is -2.53. The van der Waals surface area contributed by atoms with Crippen LogP contribution in [-0.2, 0) is 11.3 Å². The summed E-state index contributed by atoms with van der Waals surface area (Å²) in [6, 6.07) is 4.63. The first-order valence-electron chi connectivity index (χ1n) is 7.74. The van der Waals surface area contributed by atoms with E-state index in [-0.39, 0.29) is 10.9 Å². The summed E-state index contributed by atoms with van der Waals surface area (Å²) in [5, 5.41) is 3.37. The lowest BCUT2D eigenvalue weighted by atomic mass is 10.2. The van der Waals surface area contributed by atoms with Crippen LogP contribution in [0.2, 0.25) is 5.02 Å². The monoisotopic (exact) mass is 340 g/mol. The van der Waals surface area contributed by atoms with Crippen molar-refractivity contribution >= 4 is 23.5 Å². The van der Waals surface area contributed by atoms with Gasteiger partial charge in [0.15, 0.2) is 5.96 Å². The number of guanidine groups is 1. The average molecular weight is 341 g/mol. The third kappa shape index (κ3) is 4.82. The molecule has 1 aliphatic rings. The van der Waals surface area contributed by atoms with Crippen LogP contribution in [0.1, 0.15) is 19.4 Å². The highest BCUT2D eigenvalue weighted by atomic mass is 35.5. The first kappa shape index (κ1) is 17.5. The van der Waals surface area contributed by atoms with Crippen molar-refractivity contribution in [1.29, 1.82) is 0 Å². The van der Waals surface area contributed by atoms with Gasteiger partial charge in [-0.1, -0.05) is 17.7 Å². The first-order chi connectivity index (χ1) is 11.0. The van der Waals surface area contributed by atoms with E-state index in [2.05, 4.69) is 15.2 Å².